The lowest BCUT2D eigenvalue weighted by molar-refractivity contribution is -0.137. The number of halogens is 3. The van der Waals surface area contributed by atoms with Gasteiger partial charge in [0, 0.05) is 0 Å². The Morgan fingerprint density at radius 2 is 2.14 bits per heavy atom. The predicted octanol–water partition coefficient (Wildman–Crippen LogP) is 6.77. The number of fused-ring (bicyclic) bond motifs is 1. The third-order valence-corrected chi connectivity index (χ3v) is 4.75. The molecule has 0 saturated heterocycles. The molecule has 2 aromatic rings. The van der Waals surface area contributed by atoms with E-state index in [4.69, 9.17) is 9.15 Å². The lowest BCUT2D eigenvalue weighted by Crippen LogP contribution is -2.04. The van der Waals surface area contributed by atoms with Crippen LogP contribution < -0.4 is 0 Å². The van der Waals surface area contributed by atoms with Gasteiger partial charge in [0.25, 0.3) is 0 Å². The molecule has 3 rings (SSSR count). The molecule has 150 valence electrons. The Kier molecular flexibility index (Phi) is 5.96. The molecule has 28 heavy (non-hydrogen) atoms. The predicted molar refractivity (Wildman–Crippen MR) is 103 cm³/mol. The van der Waals surface area contributed by atoms with Gasteiger partial charge in [-0.3, -0.25) is 0 Å². The second-order valence-electron chi connectivity index (χ2n) is 7.19. The minimum Gasteiger partial charge on any atom is -0.493 e. The first-order valence-corrected chi connectivity index (χ1v) is 9.47. The summed E-state index contributed by atoms with van der Waals surface area (Å²) in [5.74, 6) is 1.68. The second kappa shape index (κ2) is 8.25. The normalized spacial score (nSPS) is 17.0. The maximum absolute atomic E-state index is 13.0. The number of hydrogen-bond donors (Lipinski definition) is 0. The molecule has 0 spiro atoms. The van der Waals surface area contributed by atoms with Gasteiger partial charge >= 0.3 is 6.18 Å². The quantitative estimate of drug-likeness (QED) is 0.368. The number of oxazole rings is 1. The van der Waals surface area contributed by atoms with Gasteiger partial charge in [0.05, 0.1) is 17.7 Å². The highest BCUT2D eigenvalue weighted by Gasteiger charge is 2.31. The van der Waals surface area contributed by atoms with E-state index in [2.05, 4.69) is 25.4 Å². The summed E-state index contributed by atoms with van der Waals surface area (Å²) in [5.41, 5.74) is 0.281. The molecule has 6 heteroatoms. The molecule has 0 radical (unpaired) electrons. The summed E-state index contributed by atoms with van der Waals surface area (Å²) >= 11 is 0. The van der Waals surface area contributed by atoms with E-state index < -0.39 is 11.7 Å². The van der Waals surface area contributed by atoms with Crippen molar-refractivity contribution in [3.63, 3.8) is 0 Å². The van der Waals surface area contributed by atoms with Crippen LogP contribution in [0.4, 0.5) is 13.2 Å². The highest BCUT2D eigenvalue weighted by molar-refractivity contribution is 5.80. The molecule has 1 atom stereocenters. The van der Waals surface area contributed by atoms with Gasteiger partial charge in [-0.05, 0) is 61.4 Å². The zero-order valence-electron chi connectivity index (χ0n) is 16.1. The number of rotatable bonds is 8. The average molecular weight is 391 g/mol. The Hall–Kier alpha value is -2.50. The fraction of sp³-hybridized carbons (Fsp3) is 0.409. The average Bonchev–Trinajstić information content (AvgIpc) is 3.38. The SMILES string of the molecule is C=C/C=C(\C(=C/[C@H](C)CC)OCC1CC1)c1nc2cc(C(F)(F)F)ccc2o1. The van der Waals surface area contributed by atoms with Crippen LogP contribution >= 0.6 is 0 Å². The third-order valence-electron chi connectivity index (χ3n) is 4.75. The van der Waals surface area contributed by atoms with Crippen LogP contribution in [-0.2, 0) is 10.9 Å². The Morgan fingerprint density at radius 3 is 2.75 bits per heavy atom. The summed E-state index contributed by atoms with van der Waals surface area (Å²) in [7, 11) is 0. The fourth-order valence-corrected chi connectivity index (χ4v) is 2.68. The molecule has 1 aromatic heterocycles. The number of alkyl halides is 3. The molecular weight excluding hydrogens is 367 g/mol. The highest BCUT2D eigenvalue weighted by atomic mass is 19.4. The zero-order chi connectivity index (χ0) is 20.3. The number of hydrogen-bond acceptors (Lipinski definition) is 3. The van der Waals surface area contributed by atoms with Crippen molar-refractivity contribution < 1.29 is 22.3 Å². The molecule has 1 fully saturated rings. The zero-order valence-corrected chi connectivity index (χ0v) is 16.1. The number of allylic oxidation sites excluding steroid dienone is 4. The molecular formula is C22H24F3NO2. The van der Waals surface area contributed by atoms with E-state index in [0.717, 1.165) is 31.4 Å². The minimum atomic E-state index is -4.43. The number of nitrogens with zero attached hydrogens (tertiary/aromatic N) is 1. The van der Waals surface area contributed by atoms with E-state index in [9.17, 15) is 13.2 Å². The lowest BCUT2D eigenvalue weighted by Gasteiger charge is -2.14. The van der Waals surface area contributed by atoms with E-state index in [1.165, 1.54) is 6.07 Å². The van der Waals surface area contributed by atoms with Gasteiger partial charge in [-0.25, -0.2) is 4.98 Å². The van der Waals surface area contributed by atoms with Gasteiger partial charge in [0.2, 0.25) is 5.89 Å². The number of benzene rings is 1. The number of aromatic nitrogens is 1. The van der Waals surface area contributed by atoms with Crippen molar-refractivity contribution in [3.8, 4) is 0 Å². The molecule has 0 unspecified atom stereocenters. The maximum Gasteiger partial charge on any atom is 0.416 e. The van der Waals surface area contributed by atoms with Crippen LogP contribution in [-0.4, -0.2) is 11.6 Å². The molecule has 1 aliphatic carbocycles. The Bertz CT molecular complexity index is 904. The summed E-state index contributed by atoms with van der Waals surface area (Å²) in [4.78, 5) is 4.30. The van der Waals surface area contributed by atoms with Crippen LogP contribution in [0.25, 0.3) is 16.7 Å². The van der Waals surface area contributed by atoms with Crippen molar-refractivity contribution in [2.75, 3.05) is 6.61 Å². The summed E-state index contributed by atoms with van der Waals surface area (Å²) < 4.78 is 50.7. The van der Waals surface area contributed by atoms with Crippen molar-refractivity contribution in [2.24, 2.45) is 11.8 Å². The first-order chi connectivity index (χ1) is 13.3. The summed E-state index contributed by atoms with van der Waals surface area (Å²) in [6, 6.07) is 3.29. The van der Waals surface area contributed by atoms with Gasteiger partial charge in [0.15, 0.2) is 5.58 Å². The molecule has 1 aromatic carbocycles. The topological polar surface area (TPSA) is 35.3 Å². The monoisotopic (exact) mass is 391 g/mol. The van der Waals surface area contributed by atoms with Crippen LogP contribution in [0.1, 0.15) is 44.6 Å². The van der Waals surface area contributed by atoms with Crippen LogP contribution in [0.3, 0.4) is 0 Å². The van der Waals surface area contributed by atoms with Gasteiger partial charge in [-0.15, -0.1) is 0 Å². The first kappa shape index (κ1) is 20.2. The maximum atomic E-state index is 13.0. The molecule has 0 amide bonds. The van der Waals surface area contributed by atoms with Gasteiger partial charge in [-0.2, -0.15) is 13.2 Å². The highest BCUT2D eigenvalue weighted by Crippen LogP contribution is 2.35. The van der Waals surface area contributed by atoms with Crippen molar-refractivity contribution >= 4 is 16.7 Å². The van der Waals surface area contributed by atoms with E-state index >= 15 is 0 Å². The van der Waals surface area contributed by atoms with Crippen molar-refractivity contribution in [1.29, 1.82) is 0 Å². The van der Waals surface area contributed by atoms with Gasteiger partial charge < -0.3 is 9.15 Å². The van der Waals surface area contributed by atoms with Gasteiger partial charge in [0.1, 0.15) is 11.3 Å². The van der Waals surface area contributed by atoms with Crippen LogP contribution in [0.15, 0.2) is 53.2 Å². The smallest absolute Gasteiger partial charge is 0.416 e. The molecule has 3 nitrogen and oxygen atoms in total. The summed E-state index contributed by atoms with van der Waals surface area (Å²) in [5, 5.41) is 0. The minimum absolute atomic E-state index is 0.157. The first-order valence-electron chi connectivity index (χ1n) is 9.47. The second-order valence-corrected chi connectivity index (χ2v) is 7.19. The Morgan fingerprint density at radius 1 is 1.39 bits per heavy atom. The largest absolute Gasteiger partial charge is 0.493 e. The molecule has 1 aliphatic rings. The lowest BCUT2D eigenvalue weighted by atomic mass is 10.0. The Balaban J connectivity index is 2.00. The number of ether oxygens (including phenoxy) is 1. The van der Waals surface area contributed by atoms with E-state index in [-0.39, 0.29) is 17.3 Å². The molecule has 0 aliphatic heterocycles. The van der Waals surface area contributed by atoms with Gasteiger partial charge in [-0.1, -0.05) is 26.5 Å². The third kappa shape index (κ3) is 4.86. The van der Waals surface area contributed by atoms with E-state index in [1.54, 1.807) is 12.2 Å². The Labute approximate surface area is 162 Å². The fourth-order valence-electron chi connectivity index (χ4n) is 2.68. The standard InChI is InChI=1S/C22H24F3NO2/c1-4-6-17(20(11-14(3)5-2)27-13-15-7-8-15)21-26-18-12-16(22(23,24)25)9-10-19(18)28-21/h4,6,9-12,14-15H,1,5,7-8,13H2,2-3H3/b17-6+,20-11+/t14-/m1/s1. The van der Waals surface area contributed by atoms with Crippen molar-refractivity contribution in [3.05, 3.63) is 60.2 Å². The molecule has 0 N–H and O–H groups in total. The van der Waals surface area contributed by atoms with Crippen LogP contribution in [0.5, 0.6) is 0 Å². The van der Waals surface area contributed by atoms with Crippen LogP contribution in [0, 0.1) is 11.8 Å². The summed E-state index contributed by atoms with van der Waals surface area (Å²) in [6.07, 6.45) is 4.13. The van der Waals surface area contributed by atoms with Crippen molar-refractivity contribution in [2.45, 2.75) is 39.3 Å². The van der Waals surface area contributed by atoms with E-state index in [1.807, 2.05) is 6.08 Å². The van der Waals surface area contributed by atoms with Crippen molar-refractivity contribution in [1.82, 2.24) is 4.98 Å². The van der Waals surface area contributed by atoms with E-state index in [0.29, 0.717) is 29.4 Å². The van der Waals surface area contributed by atoms with Crippen LogP contribution in [0.2, 0.25) is 0 Å². The molecule has 0 bridgehead atoms. The molecule has 1 heterocycles. The molecule has 1 saturated carbocycles. The summed E-state index contributed by atoms with van der Waals surface area (Å²) in [6.45, 7) is 8.50.